The van der Waals surface area contributed by atoms with Crippen molar-refractivity contribution in [2.75, 3.05) is 18.4 Å². The quantitative estimate of drug-likeness (QED) is 0.464. The van der Waals surface area contributed by atoms with Crippen molar-refractivity contribution < 1.29 is 22.9 Å². The average molecular weight is 368 g/mol. The van der Waals surface area contributed by atoms with Gasteiger partial charge in [0.1, 0.15) is 5.69 Å². The molecule has 1 aromatic carbocycles. The highest BCUT2D eigenvalue weighted by atomic mass is 19.4. The van der Waals surface area contributed by atoms with Crippen LogP contribution in [0.3, 0.4) is 0 Å². The number of carbonyl (C=O) groups excluding carboxylic acids is 1. The van der Waals surface area contributed by atoms with Crippen molar-refractivity contribution in [1.82, 2.24) is 10.3 Å². The van der Waals surface area contributed by atoms with Gasteiger partial charge in [0.05, 0.1) is 16.2 Å². The molecule has 7 nitrogen and oxygen atoms in total. The monoisotopic (exact) mass is 368 g/mol. The Hall–Kier alpha value is -3.17. The average Bonchev–Trinajstić information content (AvgIpc) is 2.58. The molecule has 2 N–H and O–H groups in total. The van der Waals surface area contributed by atoms with Gasteiger partial charge in [-0.2, -0.15) is 13.2 Å². The van der Waals surface area contributed by atoms with Crippen LogP contribution in [0.25, 0.3) is 0 Å². The Morgan fingerprint density at radius 3 is 2.35 bits per heavy atom. The zero-order valence-electron chi connectivity index (χ0n) is 13.6. The molecule has 26 heavy (non-hydrogen) atoms. The molecule has 2 rings (SSSR count). The number of non-ortho nitro benzene ring substituents is 1. The number of nitro groups is 1. The third-order valence-corrected chi connectivity index (χ3v) is 3.44. The molecule has 0 unspecified atom stereocenters. The highest BCUT2D eigenvalue weighted by Crippen LogP contribution is 2.28. The fourth-order valence-electron chi connectivity index (χ4n) is 2.14. The van der Waals surface area contributed by atoms with Gasteiger partial charge in [-0.3, -0.25) is 14.9 Å². The Bertz CT molecular complexity index is 807. The summed E-state index contributed by atoms with van der Waals surface area (Å²) in [5, 5.41) is 16.1. The van der Waals surface area contributed by atoms with E-state index in [1.54, 1.807) is 0 Å². The lowest BCUT2D eigenvalue weighted by molar-refractivity contribution is -0.384. The summed E-state index contributed by atoms with van der Waals surface area (Å²) in [6, 6.07) is 7.60. The van der Waals surface area contributed by atoms with Crippen molar-refractivity contribution in [2.24, 2.45) is 0 Å². The summed E-state index contributed by atoms with van der Waals surface area (Å²) in [5.74, 6) is -0.533. The Morgan fingerprint density at radius 1 is 1.15 bits per heavy atom. The van der Waals surface area contributed by atoms with Crippen LogP contribution < -0.4 is 10.6 Å². The molecule has 0 aliphatic rings. The SMILES string of the molecule is Cc1nc(C(F)(F)F)ccc1C(=O)NCCNc1ccc([N+](=O)[O-])cc1. The Kier molecular flexibility index (Phi) is 5.75. The molecule has 0 bridgehead atoms. The number of alkyl halides is 3. The molecule has 0 fully saturated rings. The number of carbonyl (C=O) groups is 1. The maximum atomic E-state index is 12.6. The number of nitro benzene ring substituents is 1. The van der Waals surface area contributed by atoms with Crippen molar-refractivity contribution in [3.05, 3.63) is 63.5 Å². The molecule has 1 amide bonds. The second kappa shape index (κ2) is 7.81. The minimum atomic E-state index is -4.56. The van der Waals surface area contributed by atoms with E-state index in [1.165, 1.54) is 31.2 Å². The maximum Gasteiger partial charge on any atom is 0.433 e. The number of anilines is 1. The van der Waals surface area contributed by atoms with Crippen molar-refractivity contribution in [3.63, 3.8) is 0 Å². The van der Waals surface area contributed by atoms with Crippen LogP contribution in [0, 0.1) is 17.0 Å². The first-order valence-electron chi connectivity index (χ1n) is 7.50. The number of amides is 1. The molecule has 0 saturated carbocycles. The summed E-state index contributed by atoms with van der Waals surface area (Å²) in [6.07, 6.45) is -4.56. The summed E-state index contributed by atoms with van der Waals surface area (Å²) in [7, 11) is 0. The van der Waals surface area contributed by atoms with Gasteiger partial charge in [-0.25, -0.2) is 4.98 Å². The molecule has 1 heterocycles. The number of benzene rings is 1. The second-order valence-corrected chi connectivity index (χ2v) is 5.31. The normalized spacial score (nSPS) is 11.1. The number of aryl methyl sites for hydroxylation is 1. The van der Waals surface area contributed by atoms with Crippen LogP contribution in [0.15, 0.2) is 36.4 Å². The third-order valence-electron chi connectivity index (χ3n) is 3.44. The van der Waals surface area contributed by atoms with E-state index in [4.69, 9.17) is 0 Å². The van der Waals surface area contributed by atoms with Crippen LogP contribution in [0.5, 0.6) is 0 Å². The van der Waals surface area contributed by atoms with Crippen LogP contribution in [-0.2, 0) is 6.18 Å². The predicted molar refractivity (Wildman–Crippen MR) is 87.9 cm³/mol. The maximum absolute atomic E-state index is 12.6. The van der Waals surface area contributed by atoms with E-state index in [0.717, 1.165) is 12.1 Å². The van der Waals surface area contributed by atoms with Gasteiger partial charge in [-0.15, -0.1) is 0 Å². The van der Waals surface area contributed by atoms with E-state index >= 15 is 0 Å². The van der Waals surface area contributed by atoms with Crippen molar-refractivity contribution in [3.8, 4) is 0 Å². The summed E-state index contributed by atoms with van der Waals surface area (Å²) in [4.78, 5) is 25.5. The van der Waals surface area contributed by atoms with Gasteiger partial charge in [0.15, 0.2) is 0 Å². The first-order chi connectivity index (χ1) is 12.2. The van der Waals surface area contributed by atoms with Crippen LogP contribution in [0.4, 0.5) is 24.5 Å². The standard InChI is InChI=1S/C16H15F3N4O3/c1-10-13(6-7-14(22-10)16(17,18)19)15(24)21-9-8-20-11-2-4-12(5-3-11)23(25)26/h2-7,20H,8-9H2,1H3,(H,21,24). The number of rotatable bonds is 6. The Morgan fingerprint density at radius 2 is 1.81 bits per heavy atom. The summed E-state index contributed by atoms with van der Waals surface area (Å²) in [5.41, 5.74) is -0.397. The van der Waals surface area contributed by atoms with Gasteiger partial charge in [0.25, 0.3) is 11.6 Å². The lowest BCUT2D eigenvalue weighted by Crippen LogP contribution is -2.29. The summed E-state index contributed by atoms with van der Waals surface area (Å²) in [6.45, 7) is 1.87. The summed E-state index contributed by atoms with van der Waals surface area (Å²) >= 11 is 0. The van der Waals surface area contributed by atoms with Gasteiger partial charge >= 0.3 is 6.18 Å². The molecule has 2 aromatic rings. The lowest BCUT2D eigenvalue weighted by atomic mass is 10.1. The van der Waals surface area contributed by atoms with Crippen molar-refractivity contribution >= 4 is 17.3 Å². The van der Waals surface area contributed by atoms with E-state index in [9.17, 15) is 28.1 Å². The van der Waals surface area contributed by atoms with Crippen molar-refractivity contribution in [1.29, 1.82) is 0 Å². The highest BCUT2D eigenvalue weighted by molar-refractivity contribution is 5.95. The number of aromatic nitrogens is 1. The van der Waals surface area contributed by atoms with E-state index in [0.29, 0.717) is 12.2 Å². The minimum Gasteiger partial charge on any atom is -0.383 e. The zero-order valence-corrected chi connectivity index (χ0v) is 13.6. The minimum absolute atomic E-state index is 0.0133. The number of nitrogens with one attached hydrogen (secondary N) is 2. The number of nitrogens with zero attached hydrogens (tertiary/aromatic N) is 2. The molecule has 0 aliphatic heterocycles. The molecule has 1 aromatic heterocycles. The van der Waals surface area contributed by atoms with E-state index < -0.39 is 22.7 Å². The number of halogens is 3. The van der Waals surface area contributed by atoms with Gasteiger partial charge in [-0.05, 0) is 31.2 Å². The zero-order chi connectivity index (χ0) is 19.3. The smallest absolute Gasteiger partial charge is 0.383 e. The van der Waals surface area contributed by atoms with Gasteiger partial charge in [-0.1, -0.05) is 0 Å². The molecule has 0 radical (unpaired) electrons. The molecular formula is C16H15F3N4O3. The number of hydrogen-bond acceptors (Lipinski definition) is 5. The fraction of sp³-hybridized carbons (Fsp3) is 0.250. The molecule has 0 saturated heterocycles. The molecule has 0 spiro atoms. The number of pyridine rings is 1. The summed E-state index contributed by atoms with van der Waals surface area (Å²) < 4.78 is 37.7. The van der Waals surface area contributed by atoms with E-state index in [2.05, 4.69) is 15.6 Å². The van der Waals surface area contributed by atoms with Crippen LogP contribution in [-0.4, -0.2) is 28.9 Å². The van der Waals surface area contributed by atoms with Crippen LogP contribution in [0.2, 0.25) is 0 Å². The molecule has 138 valence electrons. The first-order valence-corrected chi connectivity index (χ1v) is 7.50. The molecular weight excluding hydrogens is 353 g/mol. The van der Waals surface area contributed by atoms with Crippen LogP contribution in [0.1, 0.15) is 21.7 Å². The van der Waals surface area contributed by atoms with Crippen LogP contribution >= 0.6 is 0 Å². The van der Waals surface area contributed by atoms with Crippen molar-refractivity contribution in [2.45, 2.75) is 13.1 Å². The highest BCUT2D eigenvalue weighted by Gasteiger charge is 2.33. The lowest BCUT2D eigenvalue weighted by Gasteiger charge is -2.11. The predicted octanol–water partition coefficient (Wildman–Crippen LogP) is 3.16. The Balaban J connectivity index is 1.86. The largest absolute Gasteiger partial charge is 0.433 e. The molecule has 10 heteroatoms. The first kappa shape index (κ1) is 19.2. The Labute approximate surface area is 146 Å². The fourth-order valence-corrected chi connectivity index (χ4v) is 2.14. The van der Waals surface area contributed by atoms with E-state index in [-0.39, 0.29) is 23.5 Å². The topological polar surface area (TPSA) is 97.2 Å². The third kappa shape index (κ3) is 4.91. The van der Waals surface area contributed by atoms with Gasteiger partial charge in [0.2, 0.25) is 0 Å². The second-order valence-electron chi connectivity index (χ2n) is 5.31. The van der Waals surface area contributed by atoms with Gasteiger partial charge in [0, 0.05) is 30.9 Å². The van der Waals surface area contributed by atoms with Gasteiger partial charge < -0.3 is 10.6 Å². The van der Waals surface area contributed by atoms with E-state index in [1.807, 2.05) is 0 Å². The number of hydrogen-bond donors (Lipinski definition) is 2. The molecule has 0 atom stereocenters. The molecule has 0 aliphatic carbocycles.